The largest absolute Gasteiger partial charge is 0.300 e. The number of amides is 3. The maximum atomic E-state index is 12.6. The van der Waals surface area contributed by atoms with Crippen molar-refractivity contribution >= 4 is 34.2 Å². The van der Waals surface area contributed by atoms with Gasteiger partial charge in [-0.15, -0.1) is 11.3 Å². The Labute approximate surface area is 152 Å². The summed E-state index contributed by atoms with van der Waals surface area (Å²) in [6.45, 7) is 7.78. The number of anilines is 1. The number of aromatic nitrogens is 1. The molecule has 136 valence electrons. The number of carbonyl (C=O) groups excluding carboxylic acids is 3. The highest BCUT2D eigenvalue weighted by Crippen LogP contribution is 2.39. The first-order chi connectivity index (χ1) is 11.7. The third-order valence-electron chi connectivity index (χ3n) is 5.14. The van der Waals surface area contributed by atoms with Crippen LogP contribution in [0.25, 0.3) is 0 Å². The number of imide groups is 1. The number of likely N-dealkylation sites (tertiary alicyclic amines) is 1. The molecule has 1 aromatic heterocycles. The van der Waals surface area contributed by atoms with Crippen molar-refractivity contribution in [3.8, 4) is 0 Å². The van der Waals surface area contributed by atoms with Crippen LogP contribution in [0.15, 0.2) is 5.38 Å². The van der Waals surface area contributed by atoms with E-state index in [4.69, 9.17) is 0 Å². The van der Waals surface area contributed by atoms with Crippen molar-refractivity contribution < 1.29 is 14.4 Å². The average Bonchev–Trinajstić information content (AvgIpc) is 3.11. The Morgan fingerprint density at radius 3 is 2.28 bits per heavy atom. The Kier molecular flexibility index (Phi) is 4.70. The first kappa shape index (κ1) is 18.0. The second-order valence-corrected chi connectivity index (χ2v) is 8.86. The van der Waals surface area contributed by atoms with Crippen LogP contribution in [0.5, 0.6) is 0 Å². The maximum absolute atomic E-state index is 12.6. The normalized spacial score (nSPS) is 25.0. The van der Waals surface area contributed by atoms with E-state index in [2.05, 4.69) is 31.1 Å². The molecule has 7 heteroatoms. The summed E-state index contributed by atoms with van der Waals surface area (Å²) >= 11 is 1.35. The van der Waals surface area contributed by atoms with E-state index in [1.54, 1.807) is 6.92 Å². The Morgan fingerprint density at radius 2 is 1.80 bits per heavy atom. The smallest absolute Gasteiger partial charge is 0.249 e. The molecule has 1 aliphatic carbocycles. The number of fused-ring (bicyclic) bond motifs is 1. The third-order valence-corrected chi connectivity index (χ3v) is 5.90. The van der Waals surface area contributed by atoms with Crippen LogP contribution in [0.3, 0.4) is 0 Å². The van der Waals surface area contributed by atoms with E-state index < -0.39 is 6.04 Å². The van der Waals surface area contributed by atoms with Crippen LogP contribution in [0.1, 0.15) is 59.1 Å². The summed E-state index contributed by atoms with van der Waals surface area (Å²) < 4.78 is 0. The fraction of sp³-hybridized carbons (Fsp3) is 0.667. The molecule has 1 saturated carbocycles. The summed E-state index contributed by atoms with van der Waals surface area (Å²) in [5, 5.41) is 5.17. The fourth-order valence-corrected chi connectivity index (χ4v) is 4.51. The van der Waals surface area contributed by atoms with Gasteiger partial charge in [-0.3, -0.25) is 19.3 Å². The minimum atomic E-state index is -0.812. The highest BCUT2D eigenvalue weighted by Gasteiger charge is 2.50. The molecule has 0 spiro atoms. The molecule has 0 bridgehead atoms. The van der Waals surface area contributed by atoms with Crippen molar-refractivity contribution in [2.45, 2.75) is 64.8 Å². The van der Waals surface area contributed by atoms with Gasteiger partial charge in [0.2, 0.25) is 17.7 Å². The van der Waals surface area contributed by atoms with Crippen molar-refractivity contribution in [1.29, 1.82) is 0 Å². The number of rotatable bonds is 3. The molecule has 0 aromatic carbocycles. The summed E-state index contributed by atoms with van der Waals surface area (Å²) in [4.78, 5) is 43.4. The zero-order chi connectivity index (χ0) is 18.4. The first-order valence-electron chi connectivity index (χ1n) is 8.84. The second kappa shape index (κ2) is 6.52. The van der Waals surface area contributed by atoms with E-state index in [1.807, 2.05) is 5.38 Å². The Bertz CT molecular complexity index is 683. The molecule has 3 atom stereocenters. The van der Waals surface area contributed by atoms with Gasteiger partial charge in [0.1, 0.15) is 6.04 Å². The van der Waals surface area contributed by atoms with Crippen LogP contribution in [-0.2, 0) is 19.8 Å². The van der Waals surface area contributed by atoms with E-state index in [0.29, 0.717) is 5.13 Å². The van der Waals surface area contributed by atoms with Gasteiger partial charge in [-0.1, -0.05) is 33.6 Å². The summed E-state index contributed by atoms with van der Waals surface area (Å²) in [5.41, 5.74) is 0.807. The van der Waals surface area contributed by atoms with Crippen molar-refractivity contribution in [3.63, 3.8) is 0 Å². The molecule has 3 amide bonds. The summed E-state index contributed by atoms with van der Waals surface area (Å²) in [7, 11) is 0. The van der Waals surface area contributed by atoms with Crippen LogP contribution in [0.4, 0.5) is 5.13 Å². The van der Waals surface area contributed by atoms with Crippen molar-refractivity contribution in [2.75, 3.05) is 5.32 Å². The van der Waals surface area contributed by atoms with Gasteiger partial charge in [-0.05, 0) is 19.8 Å². The zero-order valence-corrected chi connectivity index (χ0v) is 16.0. The first-order valence-corrected chi connectivity index (χ1v) is 9.72. The fourth-order valence-electron chi connectivity index (χ4n) is 3.57. The molecule has 3 unspecified atom stereocenters. The minimum absolute atomic E-state index is 0.0956. The van der Waals surface area contributed by atoms with E-state index in [0.717, 1.165) is 31.4 Å². The van der Waals surface area contributed by atoms with Gasteiger partial charge >= 0.3 is 0 Å². The zero-order valence-electron chi connectivity index (χ0n) is 15.2. The summed E-state index contributed by atoms with van der Waals surface area (Å²) in [5.74, 6) is -1.21. The monoisotopic (exact) mass is 363 g/mol. The molecular formula is C18H25N3O3S. The van der Waals surface area contributed by atoms with Gasteiger partial charge in [-0.2, -0.15) is 0 Å². The van der Waals surface area contributed by atoms with E-state index >= 15 is 0 Å². The number of hydrogen-bond donors (Lipinski definition) is 1. The Morgan fingerprint density at radius 1 is 1.24 bits per heavy atom. The van der Waals surface area contributed by atoms with Crippen LogP contribution in [0, 0.1) is 11.8 Å². The van der Waals surface area contributed by atoms with Crippen molar-refractivity contribution in [1.82, 2.24) is 9.88 Å². The quantitative estimate of drug-likeness (QED) is 0.838. The maximum Gasteiger partial charge on any atom is 0.249 e. The molecule has 3 rings (SSSR count). The van der Waals surface area contributed by atoms with Crippen LogP contribution in [-0.4, -0.2) is 33.6 Å². The predicted octanol–water partition coefficient (Wildman–Crippen LogP) is 2.94. The average molecular weight is 363 g/mol. The molecule has 2 heterocycles. The molecule has 1 saturated heterocycles. The third kappa shape index (κ3) is 3.34. The SMILES string of the molecule is CC(C(=O)Nc1nc(C(C)(C)C)cs1)N1C(=O)C2CCCCC2C1=O. The minimum Gasteiger partial charge on any atom is -0.300 e. The van der Waals surface area contributed by atoms with E-state index in [-0.39, 0.29) is 35.0 Å². The number of nitrogens with zero attached hydrogens (tertiary/aromatic N) is 2. The van der Waals surface area contributed by atoms with Gasteiger partial charge in [0.05, 0.1) is 17.5 Å². The lowest BCUT2D eigenvalue weighted by atomic mass is 9.81. The lowest BCUT2D eigenvalue weighted by Crippen LogP contribution is -2.46. The summed E-state index contributed by atoms with van der Waals surface area (Å²) in [6.07, 6.45) is 3.45. The highest BCUT2D eigenvalue weighted by molar-refractivity contribution is 7.14. The number of carbonyl (C=O) groups is 3. The Balaban J connectivity index is 1.71. The topological polar surface area (TPSA) is 79.4 Å². The van der Waals surface area contributed by atoms with Crippen LogP contribution in [0.2, 0.25) is 0 Å². The lowest BCUT2D eigenvalue weighted by molar-refractivity contribution is -0.146. The lowest BCUT2D eigenvalue weighted by Gasteiger charge is -2.21. The van der Waals surface area contributed by atoms with Gasteiger partial charge in [-0.25, -0.2) is 4.98 Å². The van der Waals surface area contributed by atoms with Crippen LogP contribution >= 0.6 is 11.3 Å². The van der Waals surface area contributed by atoms with Gasteiger partial charge in [0.25, 0.3) is 0 Å². The molecule has 6 nitrogen and oxygen atoms in total. The molecular weight excluding hydrogens is 338 g/mol. The number of hydrogen-bond acceptors (Lipinski definition) is 5. The number of nitrogens with one attached hydrogen (secondary N) is 1. The van der Waals surface area contributed by atoms with Crippen LogP contribution < -0.4 is 5.32 Å². The molecule has 1 N–H and O–H groups in total. The molecule has 1 aromatic rings. The van der Waals surface area contributed by atoms with Crippen molar-refractivity contribution in [2.24, 2.45) is 11.8 Å². The second-order valence-electron chi connectivity index (χ2n) is 8.00. The van der Waals surface area contributed by atoms with Gasteiger partial charge in [0, 0.05) is 10.8 Å². The van der Waals surface area contributed by atoms with Gasteiger partial charge in [0.15, 0.2) is 5.13 Å². The Hall–Kier alpha value is -1.76. The van der Waals surface area contributed by atoms with Gasteiger partial charge < -0.3 is 5.32 Å². The molecule has 0 radical (unpaired) electrons. The molecule has 1 aliphatic heterocycles. The van der Waals surface area contributed by atoms with E-state index in [1.165, 1.54) is 16.2 Å². The molecule has 2 fully saturated rings. The number of thiazole rings is 1. The van der Waals surface area contributed by atoms with Crippen molar-refractivity contribution in [3.05, 3.63) is 11.1 Å². The highest BCUT2D eigenvalue weighted by atomic mass is 32.1. The summed E-state index contributed by atoms with van der Waals surface area (Å²) in [6, 6.07) is -0.812. The molecule has 25 heavy (non-hydrogen) atoms. The predicted molar refractivity (Wildman–Crippen MR) is 96.2 cm³/mol. The van der Waals surface area contributed by atoms with E-state index in [9.17, 15) is 14.4 Å². The standard InChI is InChI=1S/C18H25N3O3S/c1-10(14(22)20-17-19-13(9-25-17)18(2,3)4)21-15(23)11-7-5-6-8-12(11)16(21)24/h9-12H,5-8H2,1-4H3,(H,19,20,22). The molecule has 2 aliphatic rings.